The number of esters is 2. The fourth-order valence-corrected chi connectivity index (χ4v) is 8.47. The highest BCUT2D eigenvalue weighted by molar-refractivity contribution is 6.05. The van der Waals surface area contributed by atoms with Crippen LogP contribution in [0.15, 0.2) is 11.8 Å². The molecule has 0 amide bonds. The smallest absolute Gasteiger partial charge is 0.306 e. The second-order valence-electron chi connectivity index (χ2n) is 11.6. The lowest BCUT2D eigenvalue weighted by atomic mass is 9.36. The third-order valence-electron chi connectivity index (χ3n) is 9.96. The lowest BCUT2D eigenvalue weighted by Crippen LogP contribution is -2.72. The number of Topliss-reactive ketones (excluding diaryl/α,β-unsaturated/α-hetero) is 3. The number of allylic oxidation sites excluding steroid dienone is 2. The molecule has 0 unspecified atom stereocenters. The van der Waals surface area contributed by atoms with Gasteiger partial charge in [0.05, 0.1) is 19.4 Å². The molecule has 184 valence electrons. The molecule has 0 spiro atoms. The van der Waals surface area contributed by atoms with Gasteiger partial charge in [-0.2, -0.15) is 0 Å². The maximum Gasteiger partial charge on any atom is 0.306 e. The highest BCUT2D eigenvalue weighted by atomic mass is 16.5. The molecule has 5 rings (SSSR count). The maximum absolute atomic E-state index is 14.0. The van der Waals surface area contributed by atoms with Gasteiger partial charge in [0.15, 0.2) is 5.76 Å². The topological polar surface area (TPSA) is 113 Å². The molecular formula is C26H32O8. The first-order valence-electron chi connectivity index (χ1n) is 12.1. The molecule has 3 aliphatic carbocycles. The highest BCUT2D eigenvalue weighted by Crippen LogP contribution is 2.69. The number of rotatable bonds is 3. The number of carbonyl (C=O) groups is 5. The van der Waals surface area contributed by atoms with Gasteiger partial charge in [0.2, 0.25) is 5.78 Å². The average Bonchev–Trinajstić information content (AvgIpc) is 3.20. The molecule has 4 fully saturated rings. The summed E-state index contributed by atoms with van der Waals surface area (Å²) < 4.78 is 16.3. The third kappa shape index (κ3) is 2.74. The molecule has 0 aromatic rings. The van der Waals surface area contributed by atoms with Crippen LogP contribution < -0.4 is 0 Å². The van der Waals surface area contributed by atoms with E-state index in [0.717, 1.165) is 0 Å². The van der Waals surface area contributed by atoms with E-state index in [-0.39, 0.29) is 66.8 Å². The lowest BCUT2D eigenvalue weighted by molar-refractivity contribution is -0.240. The van der Waals surface area contributed by atoms with Gasteiger partial charge in [0, 0.05) is 35.0 Å². The Morgan fingerprint density at radius 2 is 1.79 bits per heavy atom. The number of hydrogen-bond donors (Lipinski definition) is 0. The number of ether oxygens (including phenoxy) is 3. The summed E-state index contributed by atoms with van der Waals surface area (Å²) in [6.07, 6.45) is 1.58. The summed E-state index contributed by atoms with van der Waals surface area (Å²) in [6.45, 7) is 7.52. The van der Waals surface area contributed by atoms with E-state index in [4.69, 9.17) is 14.2 Å². The van der Waals surface area contributed by atoms with E-state index >= 15 is 0 Å². The first kappa shape index (κ1) is 23.2. The lowest BCUT2D eigenvalue weighted by Gasteiger charge is -2.67. The van der Waals surface area contributed by atoms with Crippen LogP contribution in [0.3, 0.4) is 0 Å². The van der Waals surface area contributed by atoms with Gasteiger partial charge in [-0.15, -0.1) is 0 Å². The quantitative estimate of drug-likeness (QED) is 0.576. The third-order valence-corrected chi connectivity index (χ3v) is 9.96. The van der Waals surface area contributed by atoms with Crippen molar-refractivity contribution >= 4 is 29.3 Å². The fraction of sp³-hybridized carbons (Fsp3) is 0.731. The van der Waals surface area contributed by atoms with Gasteiger partial charge in [-0.3, -0.25) is 24.0 Å². The Balaban J connectivity index is 1.65. The van der Waals surface area contributed by atoms with Crippen molar-refractivity contribution in [3.05, 3.63) is 11.8 Å². The van der Waals surface area contributed by atoms with Crippen molar-refractivity contribution in [2.75, 3.05) is 13.7 Å². The summed E-state index contributed by atoms with van der Waals surface area (Å²) in [4.78, 5) is 66.1. The van der Waals surface area contributed by atoms with Gasteiger partial charge in [0.1, 0.15) is 24.3 Å². The predicted octanol–water partition coefficient (Wildman–Crippen LogP) is 2.43. The van der Waals surface area contributed by atoms with Crippen molar-refractivity contribution < 1.29 is 38.2 Å². The SMILES string of the molecule is COC1=C[C@@H](C)[C@@H]2C[C@H]3OC(=O)C[C@@H]4[C@@]3(C)[C@H](C(=O)C[C@@]4(C)C(=O)[C@@H]3COC(=O)C3)[C@@]2(C)C1=O. The molecule has 34 heavy (non-hydrogen) atoms. The molecule has 8 heteroatoms. The van der Waals surface area contributed by atoms with Crippen molar-refractivity contribution in [3.63, 3.8) is 0 Å². The second-order valence-corrected chi connectivity index (χ2v) is 11.6. The minimum absolute atomic E-state index is 0.0000312. The van der Waals surface area contributed by atoms with Gasteiger partial charge in [-0.1, -0.05) is 27.7 Å². The molecule has 0 aromatic heterocycles. The van der Waals surface area contributed by atoms with Crippen LogP contribution in [-0.2, 0) is 38.2 Å². The Morgan fingerprint density at radius 1 is 1.09 bits per heavy atom. The molecule has 2 saturated carbocycles. The molecule has 0 bridgehead atoms. The summed E-state index contributed by atoms with van der Waals surface area (Å²) in [5, 5.41) is 0. The molecule has 2 saturated heterocycles. The van der Waals surface area contributed by atoms with Crippen molar-refractivity contribution in [2.45, 2.75) is 59.5 Å². The summed E-state index contributed by atoms with van der Waals surface area (Å²) in [7, 11) is 1.46. The van der Waals surface area contributed by atoms with Crippen LogP contribution >= 0.6 is 0 Å². The van der Waals surface area contributed by atoms with Crippen molar-refractivity contribution in [1.82, 2.24) is 0 Å². The number of methoxy groups -OCH3 is 1. The first-order chi connectivity index (χ1) is 15.9. The molecule has 8 nitrogen and oxygen atoms in total. The van der Waals surface area contributed by atoms with Gasteiger partial charge in [-0.25, -0.2) is 0 Å². The van der Waals surface area contributed by atoms with E-state index in [9.17, 15) is 24.0 Å². The fourth-order valence-electron chi connectivity index (χ4n) is 8.47. The predicted molar refractivity (Wildman–Crippen MR) is 117 cm³/mol. The van der Waals surface area contributed by atoms with Crippen LogP contribution in [-0.4, -0.2) is 49.1 Å². The van der Waals surface area contributed by atoms with E-state index in [1.807, 2.05) is 20.8 Å². The van der Waals surface area contributed by atoms with Crippen LogP contribution in [0.2, 0.25) is 0 Å². The number of carbonyl (C=O) groups excluding carboxylic acids is 5. The van der Waals surface area contributed by atoms with Gasteiger partial charge >= 0.3 is 11.9 Å². The van der Waals surface area contributed by atoms with E-state index in [0.29, 0.717) is 6.42 Å². The molecule has 0 N–H and O–H groups in total. The minimum Gasteiger partial charge on any atom is -0.493 e. The zero-order chi connectivity index (χ0) is 24.8. The zero-order valence-electron chi connectivity index (χ0n) is 20.3. The van der Waals surface area contributed by atoms with Crippen molar-refractivity contribution in [2.24, 2.45) is 45.8 Å². The number of hydrogen-bond acceptors (Lipinski definition) is 8. The van der Waals surface area contributed by atoms with E-state index in [1.54, 1.807) is 13.0 Å². The molecule has 0 radical (unpaired) electrons. The summed E-state index contributed by atoms with van der Waals surface area (Å²) in [6, 6.07) is 0. The Bertz CT molecular complexity index is 1040. The van der Waals surface area contributed by atoms with E-state index in [2.05, 4.69) is 0 Å². The molecule has 2 heterocycles. The van der Waals surface area contributed by atoms with E-state index in [1.165, 1.54) is 7.11 Å². The normalized spacial score (nSPS) is 47.7. The number of cyclic esters (lactones) is 1. The molecule has 0 aromatic carbocycles. The van der Waals surface area contributed by atoms with E-state index < -0.39 is 46.1 Å². The molecule has 5 aliphatic rings. The van der Waals surface area contributed by atoms with Crippen molar-refractivity contribution in [3.8, 4) is 0 Å². The Hall–Kier alpha value is -2.51. The monoisotopic (exact) mass is 472 g/mol. The van der Waals surface area contributed by atoms with Gasteiger partial charge in [-0.05, 0) is 30.3 Å². The second kappa shape index (κ2) is 7.25. The molecule has 9 atom stereocenters. The zero-order valence-corrected chi connectivity index (χ0v) is 20.3. The molecule has 2 aliphatic heterocycles. The van der Waals surface area contributed by atoms with Gasteiger partial charge < -0.3 is 14.2 Å². The average molecular weight is 473 g/mol. The maximum atomic E-state index is 14.0. The Kier molecular flexibility index (Phi) is 4.95. The highest BCUT2D eigenvalue weighted by Gasteiger charge is 2.74. The van der Waals surface area contributed by atoms with Crippen LogP contribution in [0.5, 0.6) is 0 Å². The van der Waals surface area contributed by atoms with Crippen LogP contribution in [0.4, 0.5) is 0 Å². The number of fused-ring (bicyclic) bond motifs is 2. The minimum atomic E-state index is -1.15. The van der Waals surface area contributed by atoms with Crippen LogP contribution in [0.1, 0.15) is 53.4 Å². The largest absolute Gasteiger partial charge is 0.493 e. The Labute approximate surface area is 198 Å². The van der Waals surface area contributed by atoms with Crippen LogP contribution in [0.25, 0.3) is 0 Å². The standard InChI is InChI=1S/C26H32O8/c1-12-6-16(32-5)23(31)25(3)14(12)8-18-26(4)17(9-20(29)34-18)24(2,10-15(27)21(25)26)22(30)13-7-19(28)33-11-13/h6,12-14,17-18,21H,7-11H2,1-5H3/t12-,13+,14+,17+,18-,21-,24-,25+,26-/m1/s1. The van der Waals surface area contributed by atoms with Crippen LogP contribution in [0, 0.1) is 45.8 Å². The molecular weight excluding hydrogens is 440 g/mol. The van der Waals surface area contributed by atoms with Crippen molar-refractivity contribution in [1.29, 1.82) is 0 Å². The summed E-state index contributed by atoms with van der Waals surface area (Å²) in [5.74, 6) is -3.20. The first-order valence-corrected chi connectivity index (χ1v) is 12.1. The van der Waals surface area contributed by atoms with Gasteiger partial charge in [0.25, 0.3) is 0 Å². The Morgan fingerprint density at radius 3 is 2.41 bits per heavy atom. The summed E-state index contributed by atoms with van der Waals surface area (Å²) in [5.41, 5.74) is -3.07. The number of ketones is 3. The summed E-state index contributed by atoms with van der Waals surface area (Å²) >= 11 is 0.